The van der Waals surface area contributed by atoms with Gasteiger partial charge in [-0.3, -0.25) is 9.78 Å². The molecule has 0 aliphatic carbocycles. The van der Waals surface area contributed by atoms with Crippen molar-refractivity contribution < 1.29 is 4.79 Å². The number of carbonyl (C=O) groups is 1. The zero-order chi connectivity index (χ0) is 19.4. The summed E-state index contributed by atoms with van der Waals surface area (Å²) in [6, 6.07) is 15.7. The van der Waals surface area contributed by atoms with E-state index in [1.165, 1.54) is 11.1 Å². The highest BCUT2D eigenvalue weighted by Gasteiger charge is 2.08. The molecular weight excluding hydrogens is 336 g/mol. The van der Waals surface area contributed by atoms with Crippen molar-refractivity contribution in [1.82, 2.24) is 4.98 Å². The fourth-order valence-corrected chi connectivity index (χ4v) is 2.89. The topological polar surface area (TPSA) is 57.3 Å². The molecule has 27 heavy (non-hydrogen) atoms. The first kappa shape index (κ1) is 18.5. The molecule has 0 saturated heterocycles. The summed E-state index contributed by atoms with van der Waals surface area (Å²) in [5, 5.41) is 6.23. The summed E-state index contributed by atoms with van der Waals surface area (Å²) in [7, 11) is 3.96. The molecule has 2 N–H and O–H groups in total. The van der Waals surface area contributed by atoms with Gasteiger partial charge in [-0.15, -0.1) is 0 Å². The van der Waals surface area contributed by atoms with E-state index in [0.717, 1.165) is 22.7 Å². The standard InChI is InChI=1S/C22H24N4O/c1-15-9-16(2)11-19(10-15)24-20-12-17(13-23-14-20)22(27)25-18-5-7-21(8-6-18)26(3)4/h5-14,24H,1-4H3,(H,25,27). The lowest BCUT2D eigenvalue weighted by atomic mass is 10.1. The minimum atomic E-state index is -0.191. The Hall–Kier alpha value is -3.34. The molecule has 0 radical (unpaired) electrons. The van der Waals surface area contributed by atoms with Crippen molar-refractivity contribution in [3.63, 3.8) is 0 Å². The number of nitrogens with one attached hydrogen (secondary N) is 2. The molecule has 2 aromatic carbocycles. The Balaban J connectivity index is 1.73. The molecule has 0 atom stereocenters. The zero-order valence-electron chi connectivity index (χ0n) is 16.1. The Kier molecular flexibility index (Phi) is 5.41. The first-order chi connectivity index (χ1) is 12.9. The molecule has 1 amide bonds. The van der Waals surface area contributed by atoms with Crippen molar-refractivity contribution in [3.8, 4) is 0 Å². The van der Waals surface area contributed by atoms with Gasteiger partial charge in [-0.2, -0.15) is 0 Å². The second-order valence-corrected chi connectivity index (χ2v) is 6.86. The summed E-state index contributed by atoms with van der Waals surface area (Å²) < 4.78 is 0. The number of carbonyl (C=O) groups excluding carboxylic acids is 1. The van der Waals surface area contributed by atoms with Gasteiger partial charge in [0, 0.05) is 37.4 Å². The van der Waals surface area contributed by atoms with Crippen LogP contribution in [0.4, 0.5) is 22.7 Å². The van der Waals surface area contributed by atoms with Gasteiger partial charge < -0.3 is 15.5 Å². The van der Waals surface area contributed by atoms with Gasteiger partial charge in [-0.25, -0.2) is 0 Å². The first-order valence-corrected chi connectivity index (χ1v) is 8.80. The van der Waals surface area contributed by atoms with Gasteiger partial charge in [0.2, 0.25) is 0 Å². The van der Waals surface area contributed by atoms with Crippen LogP contribution >= 0.6 is 0 Å². The van der Waals surface area contributed by atoms with Crippen molar-refractivity contribution >= 4 is 28.7 Å². The first-order valence-electron chi connectivity index (χ1n) is 8.80. The maximum absolute atomic E-state index is 12.6. The molecule has 0 spiro atoms. The third-order valence-corrected chi connectivity index (χ3v) is 4.15. The molecule has 5 nitrogen and oxygen atoms in total. The fourth-order valence-electron chi connectivity index (χ4n) is 2.89. The molecule has 0 fully saturated rings. The lowest BCUT2D eigenvalue weighted by Gasteiger charge is -2.13. The number of rotatable bonds is 5. The molecule has 0 unspecified atom stereocenters. The highest BCUT2D eigenvalue weighted by molar-refractivity contribution is 6.04. The summed E-state index contributed by atoms with van der Waals surface area (Å²) in [4.78, 5) is 18.8. The second kappa shape index (κ2) is 7.91. The number of hydrogen-bond acceptors (Lipinski definition) is 4. The SMILES string of the molecule is Cc1cc(C)cc(Nc2cncc(C(=O)Nc3ccc(N(C)C)cc3)c2)c1. The number of hydrogen-bond donors (Lipinski definition) is 2. The molecule has 0 aliphatic rings. The van der Waals surface area contributed by atoms with E-state index in [4.69, 9.17) is 0 Å². The summed E-state index contributed by atoms with van der Waals surface area (Å²) in [6.07, 6.45) is 3.27. The Morgan fingerprint density at radius 3 is 2.15 bits per heavy atom. The third-order valence-electron chi connectivity index (χ3n) is 4.15. The molecule has 0 aliphatic heterocycles. The predicted molar refractivity (Wildman–Crippen MR) is 112 cm³/mol. The highest BCUT2D eigenvalue weighted by atomic mass is 16.1. The summed E-state index contributed by atoms with van der Waals surface area (Å²) >= 11 is 0. The van der Waals surface area contributed by atoms with Gasteiger partial charge in [0.25, 0.3) is 5.91 Å². The molecule has 3 aromatic rings. The van der Waals surface area contributed by atoms with Gasteiger partial charge in [0.1, 0.15) is 0 Å². The maximum atomic E-state index is 12.6. The van der Waals surface area contributed by atoms with E-state index in [-0.39, 0.29) is 5.91 Å². The number of benzene rings is 2. The minimum Gasteiger partial charge on any atom is -0.378 e. The minimum absolute atomic E-state index is 0.191. The monoisotopic (exact) mass is 360 g/mol. The van der Waals surface area contributed by atoms with Crippen LogP contribution in [0, 0.1) is 13.8 Å². The smallest absolute Gasteiger partial charge is 0.257 e. The predicted octanol–water partition coefficient (Wildman–Crippen LogP) is 4.76. The summed E-state index contributed by atoms with van der Waals surface area (Å²) in [6.45, 7) is 4.11. The summed E-state index contributed by atoms with van der Waals surface area (Å²) in [5.41, 5.74) is 6.44. The van der Waals surface area contributed by atoms with Gasteiger partial charge in [0.15, 0.2) is 0 Å². The van der Waals surface area contributed by atoms with E-state index >= 15 is 0 Å². The average molecular weight is 360 g/mol. The van der Waals surface area contributed by atoms with Gasteiger partial charge in [0.05, 0.1) is 17.4 Å². The molecule has 5 heteroatoms. The Labute approximate surface area is 160 Å². The maximum Gasteiger partial charge on any atom is 0.257 e. The number of amides is 1. The third kappa shape index (κ3) is 4.85. The normalized spacial score (nSPS) is 10.4. The number of pyridine rings is 1. The zero-order valence-corrected chi connectivity index (χ0v) is 16.1. The van der Waals surface area contributed by atoms with Crippen molar-refractivity contribution in [2.75, 3.05) is 29.6 Å². The number of anilines is 4. The number of aryl methyl sites for hydroxylation is 2. The molecule has 138 valence electrons. The Morgan fingerprint density at radius 1 is 0.852 bits per heavy atom. The Morgan fingerprint density at radius 2 is 1.52 bits per heavy atom. The van der Waals surface area contributed by atoms with Gasteiger partial charge in [-0.1, -0.05) is 6.07 Å². The van der Waals surface area contributed by atoms with Crippen molar-refractivity contribution in [2.45, 2.75) is 13.8 Å². The molecule has 0 saturated carbocycles. The van der Waals surface area contributed by atoms with E-state index in [1.54, 1.807) is 18.5 Å². The quantitative estimate of drug-likeness (QED) is 0.689. The van der Waals surface area contributed by atoms with Crippen molar-refractivity contribution in [1.29, 1.82) is 0 Å². The van der Waals surface area contributed by atoms with Crippen molar-refractivity contribution in [2.24, 2.45) is 0 Å². The Bertz CT molecular complexity index is 929. The van der Waals surface area contributed by atoms with E-state index in [9.17, 15) is 4.79 Å². The van der Waals surface area contributed by atoms with Crippen LogP contribution in [-0.4, -0.2) is 25.0 Å². The molecule has 1 heterocycles. The van der Waals surface area contributed by atoms with Crippen LogP contribution in [0.2, 0.25) is 0 Å². The van der Waals surface area contributed by atoms with E-state index in [0.29, 0.717) is 5.56 Å². The van der Waals surface area contributed by atoms with Crippen LogP contribution in [0.5, 0.6) is 0 Å². The lowest BCUT2D eigenvalue weighted by Crippen LogP contribution is -2.13. The molecule has 0 bridgehead atoms. The molecule has 3 rings (SSSR count). The van der Waals surface area contributed by atoms with Crippen molar-refractivity contribution in [3.05, 3.63) is 77.6 Å². The second-order valence-electron chi connectivity index (χ2n) is 6.86. The van der Waals surface area contributed by atoms with Crippen LogP contribution in [0.25, 0.3) is 0 Å². The average Bonchev–Trinajstić information content (AvgIpc) is 2.61. The van der Waals surface area contributed by atoms with Gasteiger partial charge >= 0.3 is 0 Å². The molecule has 1 aromatic heterocycles. The van der Waals surface area contributed by atoms with Gasteiger partial charge in [-0.05, 0) is 67.4 Å². The van der Waals surface area contributed by atoms with E-state index < -0.39 is 0 Å². The highest BCUT2D eigenvalue weighted by Crippen LogP contribution is 2.21. The van der Waals surface area contributed by atoms with Crippen LogP contribution in [-0.2, 0) is 0 Å². The van der Waals surface area contributed by atoms with E-state index in [2.05, 4.69) is 47.7 Å². The lowest BCUT2D eigenvalue weighted by molar-refractivity contribution is 0.102. The molecular formula is C22H24N4O. The van der Waals surface area contributed by atoms with Crippen LogP contribution < -0.4 is 15.5 Å². The number of nitrogens with zero attached hydrogens (tertiary/aromatic N) is 2. The van der Waals surface area contributed by atoms with Crippen LogP contribution in [0.3, 0.4) is 0 Å². The summed E-state index contributed by atoms with van der Waals surface area (Å²) in [5.74, 6) is -0.191. The van der Waals surface area contributed by atoms with Crippen LogP contribution in [0.1, 0.15) is 21.5 Å². The largest absolute Gasteiger partial charge is 0.378 e. The van der Waals surface area contributed by atoms with Crippen LogP contribution in [0.15, 0.2) is 60.9 Å². The number of aromatic nitrogens is 1. The van der Waals surface area contributed by atoms with E-state index in [1.807, 2.05) is 43.3 Å². The fraction of sp³-hybridized carbons (Fsp3) is 0.182.